The Bertz CT molecular complexity index is 353. The van der Waals surface area contributed by atoms with Gasteiger partial charge < -0.3 is 0 Å². The van der Waals surface area contributed by atoms with Gasteiger partial charge in [-0.3, -0.25) is 0 Å². The summed E-state index contributed by atoms with van der Waals surface area (Å²) in [7, 11) is 0. The molecule has 0 aromatic rings. The number of rotatable bonds is 0. The van der Waals surface area contributed by atoms with Crippen molar-refractivity contribution in [1.29, 1.82) is 0 Å². The first-order chi connectivity index (χ1) is 3.65. The van der Waals surface area contributed by atoms with E-state index in [1.807, 2.05) is 0 Å². The van der Waals surface area contributed by atoms with Crippen molar-refractivity contribution in [1.82, 2.24) is 0 Å². The van der Waals surface area contributed by atoms with Gasteiger partial charge in [0.15, 0.2) is 0 Å². The molecule has 0 N–H and O–H groups in total. The predicted molar refractivity (Wildman–Crippen MR) is 4.81 cm³/mol. The van der Waals surface area contributed by atoms with Crippen molar-refractivity contribution in [2.24, 2.45) is 0 Å². The van der Waals surface area contributed by atoms with Crippen molar-refractivity contribution < 1.29 is 53.5 Å². The van der Waals surface area contributed by atoms with Gasteiger partial charge in [0.25, 0.3) is 0 Å². The molecule has 0 spiro atoms. The van der Waals surface area contributed by atoms with Gasteiger partial charge in [-0.1, -0.05) is 0 Å². The van der Waals surface area contributed by atoms with E-state index < -0.39 is 27.4 Å². The fourth-order valence-corrected chi connectivity index (χ4v) is 0. The van der Waals surface area contributed by atoms with Crippen molar-refractivity contribution in [3.63, 3.8) is 0 Å². The zero-order valence-electron chi connectivity index (χ0n) is 3.68. The Labute approximate surface area is 53.9 Å². The van der Waals surface area contributed by atoms with Gasteiger partial charge in [0, 0.05) is 0 Å². The molecular formula is MnO7V. The normalized spacial score (nSPS) is 8.00. The molecule has 9 heavy (non-hydrogen) atoms. The van der Waals surface area contributed by atoms with Crippen LogP contribution in [-0.2, 0) is 53.5 Å². The van der Waals surface area contributed by atoms with Crippen molar-refractivity contribution >= 4 is 0 Å². The first-order valence-electron chi connectivity index (χ1n) is 1.22. The maximum atomic E-state index is 8.64. The van der Waals surface area contributed by atoms with Gasteiger partial charge in [-0.2, -0.15) is 0 Å². The van der Waals surface area contributed by atoms with Gasteiger partial charge >= 0.3 is 53.5 Å². The first-order valence-corrected chi connectivity index (χ1v) is 5.04. The summed E-state index contributed by atoms with van der Waals surface area (Å²) < 4.78 is 60.0. The second-order valence-corrected chi connectivity index (χ2v) is 3.33. The Morgan fingerprint density at radius 3 is 0.778 bits per heavy atom. The van der Waals surface area contributed by atoms with Gasteiger partial charge in [-0.25, -0.2) is 0 Å². The summed E-state index contributed by atoms with van der Waals surface area (Å²) in [6, 6.07) is 0. The number of hydrogen-bond acceptors (Lipinski definition) is 7. The quantitative estimate of drug-likeness (QED) is 0.486. The summed E-state index contributed by atoms with van der Waals surface area (Å²) in [5, 5.41) is 0. The van der Waals surface area contributed by atoms with Gasteiger partial charge in [0.05, 0.1) is 0 Å². The first kappa shape index (κ1) is 11.5. The van der Waals surface area contributed by atoms with Crippen molar-refractivity contribution in [3.05, 3.63) is 0 Å². The summed E-state index contributed by atoms with van der Waals surface area (Å²) in [5.41, 5.74) is 0. The maximum absolute atomic E-state index is 8.64. The summed E-state index contributed by atoms with van der Waals surface area (Å²) in [4.78, 5) is 0. The summed E-state index contributed by atoms with van der Waals surface area (Å²) >= 11 is -9.18. The molecule has 0 fully saturated rings. The molecule has 0 atom stereocenters. The van der Waals surface area contributed by atoms with Gasteiger partial charge in [-0.05, 0) is 0 Å². The molecule has 0 rings (SSSR count). The molecule has 0 radical (unpaired) electrons. The minimum atomic E-state index is -7.74. The van der Waals surface area contributed by atoms with E-state index in [1.54, 1.807) is 0 Å². The molecule has 0 bridgehead atoms. The molecule has 0 unspecified atom stereocenters. The molecule has 0 aliphatic rings. The second kappa shape index (κ2) is 3.02. The van der Waals surface area contributed by atoms with Crippen LogP contribution in [0.4, 0.5) is 0 Å². The molecule has 9 heteroatoms. The zero-order chi connectivity index (χ0) is 8.15. The summed E-state index contributed by atoms with van der Waals surface area (Å²) in [6.45, 7) is 0. The SMILES string of the molecule is [O]=[Mn]=[O].[O]=[V](=[O])(=[O])(=[O])=[O]. The molecule has 0 saturated carbocycles. The Balaban J connectivity index is 0. The fourth-order valence-electron chi connectivity index (χ4n) is 0. The fraction of sp³-hybridized carbons (Fsp3) is 0. The van der Waals surface area contributed by atoms with Crippen LogP contribution >= 0.6 is 0 Å². The van der Waals surface area contributed by atoms with Crippen LogP contribution in [0.2, 0.25) is 0 Å². The standard InChI is InChI=1S/Mn.7O.V. The van der Waals surface area contributed by atoms with Crippen molar-refractivity contribution in [2.75, 3.05) is 0 Å². The van der Waals surface area contributed by atoms with Crippen LogP contribution in [0.25, 0.3) is 0 Å². The summed E-state index contributed by atoms with van der Waals surface area (Å²) in [5.74, 6) is 0. The third-order valence-corrected chi connectivity index (χ3v) is 0. The third kappa shape index (κ3) is 2860. The van der Waals surface area contributed by atoms with Crippen LogP contribution in [0, 0.1) is 0 Å². The van der Waals surface area contributed by atoms with E-state index in [-0.39, 0.29) is 0 Å². The van der Waals surface area contributed by atoms with E-state index in [2.05, 4.69) is 0 Å². The average Bonchev–Trinajstić information content (AvgIpc) is 1.23. The molecule has 7 nitrogen and oxygen atoms in total. The van der Waals surface area contributed by atoms with Crippen LogP contribution in [0.5, 0.6) is 0 Å². The van der Waals surface area contributed by atoms with E-state index >= 15 is 0 Å². The molecule has 0 saturated heterocycles. The molecule has 0 aliphatic carbocycles. The van der Waals surface area contributed by atoms with E-state index in [0.717, 1.165) is 0 Å². The van der Waals surface area contributed by atoms with E-state index in [0.29, 0.717) is 0 Å². The minimum absolute atomic E-state index is 1.44. The van der Waals surface area contributed by atoms with Gasteiger partial charge in [-0.15, -0.1) is 0 Å². The second-order valence-electron chi connectivity index (χ2n) is 0.808. The Kier molecular flexibility index (Phi) is 3.86. The van der Waals surface area contributed by atoms with Crippen LogP contribution in [0.1, 0.15) is 0 Å². The van der Waals surface area contributed by atoms with Gasteiger partial charge in [0.1, 0.15) is 0 Å². The molecule has 0 aromatic carbocycles. The molecule has 0 heterocycles. The predicted octanol–water partition coefficient (Wildman–Crippen LogP) is -0.837. The average molecular weight is 218 g/mol. The van der Waals surface area contributed by atoms with Crippen LogP contribution in [-0.4, -0.2) is 0 Å². The molecule has 0 aromatic heterocycles. The third-order valence-electron chi connectivity index (χ3n) is 0. The zero-order valence-corrected chi connectivity index (χ0v) is 6.26. The monoisotopic (exact) mass is 218 g/mol. The molecule has 54 valence electrons. The van der Waals surface area contributed by atoms with E-state index in [9.17, 15) is 0 Å². The van der Waals surface area contributed by atoms with E-state index in [1.165, 1.54) is 0 Å². The van der Waals surface area contributed by atoms with E-state index in [4.69, 9.17) is 26.0 Å². The van der Waals surface area contributed by atoms with Crippen molar-refractivity contribution in [2.45, 2.75) is 0 Å². The molecule has 0 aliphatic heterocycles. The Hall–Kier alpha value is -0.296. The number of hydrogen-bond donors (Lipinski definition) is 0. The Morgan fingerprint density at radius 2 is 0.778 bits per heavy atom. The van der Waals surface area contributed by atoms with Crippen molar-refractivity contribution in [3.8, 4) is 0 Å². The van der Waals surface area contributed by atoms with Crippen LogP contribution in [0.15, 0.2) is 0 Å². The topological polar surface area (TPSA) is 119 Å². The van der Waals surface area contributed by atoms with Crippen LogP contribution < -0.4 is 0 Å². The molecule has 0 amide bonds. The Morgan fingerprint density at radius 1 is 0.778 bits per heavy atom. The van der Waals surface area contributed by atoms with Gasteiger partial charge in [0.2, 0.25) is 0 Å². The summed E-state index contributed by atoms with van der Waals surface area (Å²) in [6.07, 6.45) is 0. The molecular weight excluding hydrogens is 218 g/mol. The van der Waals surface area contributed by atoms with Crippen LogP contribution in [0.3, 0.4) is 0 Å².